The van der Waals surface area contributed by atoms with Crippen molar-refractivity contribution in [3.63, 3.8) is 0 Å². The monoisotopic (exact) mass is 448 g/mol. The van der Waals surface area contributed by atoms with Crippen molar-refractivity contribution in [1.29, 1.82) is 0 Å². The third kappa shape index (κ3) is 6.87. The van der Waals surface area contributed by atoms with Crippen LogP contribution in [0.1, 0.15) is 26.7 Å². The minimum absolute atomic E-state index is 0.0545. The SMILES string of the molecule is C[C@@H]1/C=C/CC(=O)OC[C@H]2O[C@@H](C=C[C@@H]2O)[C@H](C)/C=C/CC(=O)OC[C@H]2O[C@H]1C=C[C@@H]2O. The summed E-state index contributed by atoms with van der Waals surface area (Å²) in [5.74, 6) is -0.987. The van der Waals surface area contributed by atoms with Gasteiger partial charge >= 0.3 is 11.9 Å². The van der Waals surface area contributed by atoms with Crippen molar-refractivity contribution in [1.82, 2.24) is 0 Å². The highest BCUT2D eigenvalue weighted by molar-refractivity contribution is 5.71. The number of aliphatic hydroxyl groups is 2. The van der Waals surface area contributed by atoms with Gasteiger partial charge in [-0.05, 0) is 0 Å². The molecule has 0 aromatic carbocycles. The molecule has 0 aliphatic carbocycles. The van der Waals surface area contributed by atoms with Gasteiger partial charge in [0.05, 0.1) is 25.0 Å². The molecular formula is C24H32O8. The fourth-order valence-electron chi connectivity index (χ4n) is 3.67. The lowest BCUT2D eigenvalue weighted by atomic mass is 9.98. The van der Waals surface area contributed by atoms with Crippen molar-refractivity contribution in [2.45, 2.75) is 63.3 Å². The van der Waals surface area contributed by atoms with Gasteiger partial charge in [0.25, 0.3) is 0 Å². The predicted molar refractivity (Wildman–Crippen MR) is 115 cm³/mol. The second-order valence-electron chi connectivity index (χ2n) is 8.38. The van der Waals surface area contributed by atoms with Crippen LogP contribution in [0.4, 0.5) is 0 Å². The van der Waals surface area contributed by atoms with E-state index in [-0.39, 0.29) is 50.1 Å². The van der Waals surface area contributed by atoms with E-state index in [0.717, 1.165) is 0 Å². The third-order valence-corrected chi connectivity index (χ3v) is 5.72. The standard InChI is InChI=1S/C24H32O8/c1-15-5-3-7-23(27)30-14-22-18(26)10-12-20(32-22)16(2)6-4-8-24(28)29-13-21-17(25)9-11-19(15)31-21/h3-6,9-12,15-22,25-26H,7-8,13-14H2,1-2H3/b5-3+,6-4+/t15-,16-,17+,18+,19+,20+,21-,22-/m1/s1. The van der Waals surface area contributed by atoms with Crippen LogP contribution in [0.2, 0.25) is 0 Å². The molecule has 0 radical (unpaired) electrons. The lowest BCUT2D eigenvalue weighted by Gasteiger charge is -2.32. The average molecular weight is 449 g/mol. The van der Waals surface area contributed by atoms with E-state index in [1.807, 2.05) is 26.0 Å². The summed E-state index contributed by atoms with van der Waals surface area (Å²) in [5, 5.41) is 20.3. The summed E-state index contributed by atoms with van der Waals surface area (Å²) in [5.41, 5.74) is 0. The molecule has 0 aromatic rings. The number of rotatable bonds is 0. The van der Waals surface area contributed by atoms with Crippen molar-refractivity contribution in [2.24, 2.45) is 11.8 Å². The van der Waals surface area contributed by atoms with E-state index >= 15 is 0 Å². The maximum Gasteiger partial charge on any atom is 0.309 e. The minimum atomic E-state index is -0.864. The Labute approximate surface area is 188 Å². The number of hydrogen-bond acceptors (Lipinski definition) is 8. The summed E-state index contributed by atoms with van der Waals surface area (Å²) in [7, 11) is 0. The summed E-state index contributed by atoms with van der Waals surface area (Å²) in [6.45, 7) is 3.74. The van der Waals surface area contributed by atoms with E-state index in [9.17, 15) is 19.8 Å². The summed E-state index contributed by atoms with van der Waals surface area (Å²) < 4.78 is 22.4. The Morgan fingerprint density at radius 2 is 1.09 bits per heavy atom. The van der Waals surface area contributed by atoms with E-state index in [4.69, 9.17) is 18.9 Å². The number of carbonyl (C=O) groups excluding carboxylic acids is 2. The summed E-state index contributed by atoms with van der Waals surface area (Å²) in [6, 6.07) is 0. The van der Waals surface area contributed by atoms with Crippen LogP contribution in [0.3, 0.4) is 0 Å². The van der Waals surface area contributed by atoms with Gasteiger partial charge in [-0.15, -0.1) is 0 Å². The number of cyclic esters (lactones) is 2. The molecule has 4 bridgehead atoms. The summed E-state index contributed by atoms with van der Waals surface area (Å²) in [6.07, 6.45) is 10.3. The van der Waals surface area contributed by atoms with Crippen LogP contribution < -0.4 is 0 Å². The molecule has 0 saturated heterocycles. The third-order valence-electron chi connectivity index (χ3n) is 5.72. The van der Waals surface area contributed by atoms with Gasteiger partial charge in [-0.2, -0.15) is 0 Å². The van der Waals surface area contributed by atoms with E-state index in [1.54, 1.807) is 36.5 Å². The van der Waals surface area contributed by atoms with Gasteiger partial charge in [-0.1, -0.05) is 62.5 Å². The lowest BCUT2D eigenvalue weighted by molar-refractivity contribution is -0.153. The molecule has 3 heterocycles. The zero-order chi connectivity index (χ0) is 23.1. The number of esters is 2. The molecule has 8 heteroatoms. The van der Waals surface area contributed by atoms with Crippen LogP contribution in [0.25, 0.3) is 0 Å². The second-order valence-corrected chi connectivity index (χ2v) is 8.38. The van der Waals surface area contributed by atoms with Crippen LogP contribution >= 0.6 is 0 Å². The minimum Gasteiger partial charge on any atom is -0.463 e. The first-order chi connectivity index (χ1) is 15.3. The fourth-order valence-corrected chi connectivity index (χ4v) is 3.67. The highest BCUT2D eigenvalue weighted by atomic mass is 16.6. The number of aliphatic hydroxyl groups excluding tert-OH is 2. The van der Waals surface area contributed by atoms with Crippen molar-refractivity contribution < 1.29 is 38.7 Å². The first-order valence-corrected chi connectivity index (χ1v) is 11.0. The van der Waals surface area contributed by atoms with Crippen LogP contribution in [-0.2, 0) is 28.5 Å². The molecule has 0 unspecified atom stereocenters. The van der Waals surface area contributed by atoms with Gasteiger partial charge in [0.15, 0.2) is 0 Å². The molecule has 176 valence electrons. The Kier molecular flexibility index (Phi) is 8.81. The normalized spacial score (nSPS) is 41.2. The molecule has 0 fully saturated rings. The molecule has 3 rings (SSSR count). The lowest BCUT2D eigenvalue weighted by Crippen LogP contribution is -2.41. The first-order valence-electron chi connectivity index (χ1n) is 11.0. The molecule has 8 nitrogen and oxygen atoms in total. The Hall–Kier alpha value is -2.26. The Balaban J connectivity index is 1.71. The number of carbonyl (C=O) groups is 2. The van der Waals surface area contributed by atoms with E-state index in [2.05, 4.69) is 0 Å². The smallest absolute Gasteiger partial charge is 0.309 e. The van der Waals surface area contributed by atoms with Crippen molar-refractivity contribution in [2.75, 3.05) is 13.2 Å². The van der Waals surface area contributed by atoms with Gasteiger partial charge in [0.2, 0.25) is 0 Å². The maximum absolute atomic E-state index is 12.1. The zero-order valence-corrected chi connectivity index (χ0v) is 18.4. The number of ether oxygens (including phenoxy) is 4. The van der Waals surface area contributed by atoms with Crippen molar-refractivity contribution in [3.8, 4) is 0 Å². The molecule has 3 aliphatic rings. The van der Waals surface area contributed by atoms with Gasteiger partial charge in [-0.3, -0.25) is 9.59 Å². The molecule has 0 saturated carbocycles. The Morgan fingerprint density at radius 3 is 1.50 bits per heavy atom. The molecule has 0 amide bonds. The van der Waals surface area contributed by atoms with E-state index in [0.29, 0.717) is 0 Å². The molecule has 8 atom stereocenters. The zero-order valence-electron chi connectivity index (χ0n) is 18.4. The average Bonchev–Trinajstić information content (AvgIpc) is 2.77. The van der Waals surface area contributed by atoms with E-state index in [1.165, 1.54) is 0 Å². The van der Waals surface area contributed by atoms with Crippen molar-refractivity contribution >= 4 is 11.9 Å². The van der Waals surface area contributed by atoms with Gasteiger partial charge in [0, 0.05) is 11.8 Å². The van der Waals surface area contributed by atoms with Crippen LogP contribution in [0.5, 0.6) is 0 Å². The largest absolute Gasteiger partial charge is 0.463 e. The van der Waals surface area contributed by atoms with Crippen LogP contribution in [0, 0.1) is 11.8 Å². The topological polar surface area (TPSA) is 112 Å². The van der Waals surface area contributed by atoms with Gasteiger partial charge in [0.1, 0.15) is 37.6 Å². The van der Waals surface area contributed by atoms with Gasteiger partial charge < -0.3 is 29.2 Å². The molecule has 3 aliphatic heterocycles. The summed E-state index contributed by atoms with van der Waals surface area (Å²) in [4.78, 5) is 24.2. The quantitative estimate of drug-likeness (QED) is 0.425. The molecule has 2 N–H and O–H groups in total. The first kappa shape index (κ1) is 24.4. The van der Waals surface area contributed by atoms with E-state index < -0.39 is 36.4 Å². The fraction of sp³-hybridized carbons (Fsp3) is 0.583. The molecule has 0 aromatic heterocycles. The number of fused-ring (bicyclic) bond motifs is 4. The second kappa shape index (κ2) is 11.6. The Morgan fingerprint density at radius 1 is 0.688 bits per heavy atom. The van der Waals surface area contributed by atoms with Crippen LogP contribution in [-0.4, -0.2) is 72.0 Å². The predicted octanol–water partition coefficient (Wildman–Crippen LogP) is 1.62. The number of hydrogen-bond donors (Lipinski definition) is 2. The van der Waals surface area contributed by atoms with Gasteiger partial charge in [-0.25, -0.2) is 0 Å². The molecule has 0 spiro atoms. The van der Waals surface area contributed by atoms with Crippen LogP contribution in [0.15, 0.2) is 48.6 Å². The van der Waals surface area contributed by atoms with Crippen molar-refractivity contribution in [3.05, 3.63) is 48.6 Å². The Bertz CT molecular complexity index is 706. The highest BCUT2D eigenvalue weighted by Crippen LogP contribution is 2.22. The summed E-state index contributed by atoms with van der Waals surface area (Å²) >= 11 is 0. The molecular weight excluding hydrogens is 416 g/mol. The molecule has 32 heavy (non-hydrogen) atoms. The highest BCUT2D eigenvalue weighted by Gasteiger charge is 2.30. The maximum atomic E-state index is 12.1.